The van der Waals surface area contributed by atoms with E-state index in [-0.39, 0.29) is 5.91 Å². The highest BCUT2D eigenvalue weighted by Gasteiger charge is 2.05. The molecular formula is C21H37N5O. The average Bonchev–Trinajstić information content (AvgIpc) is 2.65. The Morgan fingerprint density at radius 1 is 1.07 bits per heavy atom. The number of amides is 1. The van der Waals surface area contributed by atoms with Crippen LogP contribution in [0.2, 0.25) is 0 Å². The summed E-state index contributed by atoms with van der Waals surface area (Å²) < 4.78 is 0. The lowest BCUT2D eigenvalue weighted by atomic mass is 10.1. The van der Waals surface area contributed by atoms with Gasteiger partial charge >= 0.3 is 0 Å². The van der Waals surface area contributed by atoms with Crippen LogP contribution in [0.3, 0.4) is 0 Å². The summed E-state index contributed by atoms with van der Waals surface area (Å²) in [7, 11) is 3.96. The highest BCUT2D eigenvalue weighted by atomic mass is 16.1. The lowest BCUT2D eigenvalue weighted by molar-refractivity contribution is 0.0951. The van der Waals surface area contributed by atoms with Crippen LogP contribution in [-0.4, -0.2) is 50.5 Å². The van der Waals surface area contributed by atoms with Gasteiger partial charge in [0, 0.05) is 25.2 Å². The van der Waals surface area contributed by atoms with E-state index >= 15 is 0 Å². The van der Waals surface area contributed by atoms with Gasteiger partial charge in [0.25, 0.3) is 5.91 Å². The molecule has 27 heavy (non-hydrogen) atoms. The van der Waals surface area contributed by atoms with Crippen LogP contribution in [0.15, 0.2) is 29.3 Å². The quantitative estimate of drug-likeness (QED) is 0.281. The minimum absolute atomic E-state index is 0.0585. The fraction of sp³-hybridized carbons (Fsp3) is 0.619. The largest absolute Gasteiger partial charge is 0.370 e. The molecule has 1 aromatic carbocycles. The number of hydrogen-bond donors (Lipinski definition) is 3. The molecule has 0 aliphatic rings. The Hall–Kier alpha value is -2.08. The average molecular weight is 376 g/mol. The third kappa shape index (κ3) is 11.3. The summed E-state index contributed by atoms with van der Waals surface area (Å²) in [6, 6.07) is 7.53. The number of hydrogen-bond acceptors (Lipinski definition) is 3. The van der Waals surface area contributed by atoms with E-state index in [4.69, 9.17) is 5.73 Å². The molecule has 0 aliphatic carbocycles. The Kier molecular flexibility index (Phi) is 11.9. The van der Waals surface area contributed by atoms with Gasteiger partial charge in [0.15, 0.2) is 5.96 Å². The molecular weight excluding hydrogens is 338 g/mol. The van der Waals surface area contributed by atoms with Crippen molar-refractivity contribution in [3.05, 3.63) is 35.4 Å². The van der Waals surface area contributed by atoms with Crippen LogP contribution in [-0.2, 0) is 6.54 Å². The summed E-state index contributed by atoms with van der Waals surface area (Å²) in [6.07, 6.45) is 7.55. The first-order valence-electron chi connectivity index (χ1n) is 10.1. The highest BCUT2D eigenvalue weighted by molar-refractivity contribution is 5.94. The fourth-order valence-electron chi connectivity index (χ4n) is 2.66. The molecule has 1 amide bonds. The first-order chi connectivity index (χ1) is 13.0. The molecule has 6 heteroatoms. The zero-order valence-electron chi connectivity index (χ0n) is 17.3. The molecule has 0 bridgehead atoms. The topological polar surface area (TPSA) is 82.7 Å². The molecule has 4 N–H and O–H groups in total. The number of aliphatic imine (C=N–C) groups is 1. The smallest absolute Gasteiger partial charge is 0.251 e. The Balaban J connectivity index is 2.34. The molecule has 1 aromatic rings. The molecule has 152 valence electrons. The summed E-state index contributed by atoms with van der Waals surface area (Å²) in [5.41, 5.74) is 7.56. The van der Waals surface area contributed by atoms with Gasteiger partial charge in [-0.05, 0) is 38.2 Å². The summed E-state index contributed by atoms with van der Waals surface area (Å²) in [6.45, 7) is 5.00. The van der Waals surface area contributed by atoms with Gasteiger partial charge in [-0.15, -0.1) is 0 Å². The molecule has 0 aromatic heterocycles. The zero-order valence-corrected chi connectivity index (χ0v) is 17.3. The molecule has 0 unspecified atom stereocenters. The molecule has 0 radical (unpaired) electrons. The van der Waals surface area contributed by atoms with E-state index in [1.807, 2.05) is 43.3 Å². The number of carbonyl (C=O) groups is 1. The Morgan fingerprint density at radius 3 is 2.56 bits per heavy atom. The predicted octanol–water partition coefficient (Wildman–Crippen LogP) is 2.74. The van der Waals surface area contributed by atoms with Gasteiger partial charge in [0.1, 0.15) is 0 Å². The van der Waals surface area contributed by atoms with Crippen molar-refractivity contribution >= 4 is 11.9 Å². The number of unbranched alkanes of at least 4 members (excludes halogenated alkanes) is 5. The van der Waals surface area contributed by atoms with E-state index in [1.54, 1.807) is 0 Å². The molecule has 0 saturated heterocycles. The SMILES string of the molecule is CCCCCCCCNC(N)=NCc1cccc(C(=O)NCCN(C)C)c1. The zero-order chi connectivity index (χ0) is 19.9. The number of benzene rings is 1. The third-order valence-corrected chi connectivity index (χ3v) is 4.30. The van der Waals surface area contributed by atoms with E-state index in [0.29, 0.717) is 24.6 Å². The number of rotatable bonds is 13. The first-order valence-corrected chi connectivity index (χ1v) is 10.1. The normalized spacial score (nSPS) is 11.6. The van der Waals surface area contributed by atoms with E-state index < -0.39 is 0 Å². The van der Waals surface area contributed by atoms with Gasteiger partial charge in [-0.25, -0.2) is 4.99 Å². The molecule has 0 fully saturated rings. The minimum Gasteiger partial charge on any atom is -0.370 e. The lowest BCUT2D eigenvalue weighted by Crippen LogP contribution is -2.32. The van der Waals surface area contributed by atoms with Gasteiger partial charge in [0.05, 0.1) is 6.54 Å². The van der Waals surface area contributed by atoms with Crippen molar-refractivity contribution in [1.29, 1.82) is 0 Å². The highest BCUT2D eigenvalue weighted by Crippen LogP contribution is 2.07. The van der Waals surface area contributed by atoms with E-state index in [0.717, 1.165) is 25.1 Å². The van der Waals surface area contributed by atoms with Gasteiger partial charge in [0.2, 0.25) is 0 Å². The maximum absolute atomic E-state index is 12.2. The van der Waals surface area contributed by atoms with Crippen LogP contribution < -0.4 is 16.4 Å². The third-order valence-electron chi connectivity index (χ3n) is 4.30. The number of likely N-dealkylation sites (N-methyl/N-ethyl adjacent to an activating group) is 1. The molecule has 6 nitrogen and oxygen atoms in total. The molecule has 0 spiro atoms. The predicted molar refractivity (Wildman–Crippen MR) is 114 cm³/mol. The van der Waals surface area contributed by atoms with Gasteiger partial charge in [-0.3, -0.25) is 4.79 Å². The Morgan fingerprint density at radius 2 is 1.81 bits per heavy atom. The number of nitrogens with zero attached hydrogens (tertiary/aromatic N) is 2. The number of nitrogens with two attached hydrogens (primary N) is 1. The number of carbonyl (C=O) groups excluding carboxylic acids is 1. The van der Waals surface area contributed by atoms with Gasteiger partial charge < -0.3 is 21.3 Å². The van der Waals surface area contributed by atoms with Crippen LogP contribution in [0.5, 0.6) is 0 Å². The van der Waals surface area contributed by atoms with Crippen LogP contribution in [0.25, 0.3) is 0 Å². The maximum Gasteiger partial charge on any atom is 0.251 e. The monoisotopic (exact) mass is 375 g/mol. The van der Waals surface area contributed by atoms with Crippen molar-refractivity contribution in [2.75, 3.05) is 33.7 Å². The van der Waals surface area contributed by atoms with Crippen molar-refractivity contribution in [1.82, 2.24) is 15.5 Å². The van der Waals surface area contributed by atoms with E-state index in [1.165, 1.54) is 32.1 Å². The summed E-state index contributed by atoms with van der Waals surface area (Å²) in [5.74, 6) is 0.404. The maximum atomic E-state index is 12.2. The van der Waals surface area contributed by atoms with Crippen molar-refractivity contribution in [2.45, 2.75) is 52.0 Å². The van der Waals surface area contributed by atoms with Crippen LogP contribution in [0.4, 0.5) is 0 Å². The van der Waals surface area contributed by atoms with Gasteiger partial charge in [-0.1, -0.05) is 51.2 Å². The van der Waals surface area contributed by atoms with Crippen molar-refractivity contribution in [2.24, 2.45) is 10.7 Å². The molecule has 0 atom stereocenters. The number of guanidine groups is 1. The van der Waals surface area contributed by atoms with Gasteiger partial charge in [-0.2, -0.15) is 0 Å². The summed E-state index contributed by atoms with van der Waals surface area (Å²) >= 11 is 0. The number of nitrogens with one attached hydrogen (secondary N) is 2. The van der Waals surface area contributed by atoms with Crippen LogP contribution in [0.1, 0.15) is 61.4 Å². The molecule has 0 saturated carbocycles. The Labute approximate surface area is 164 Å². The molecule has 0 aliphatic heterocycles. The first kappa shape index (κ1) is 23.0. The molecule has 0 heterocycles. The summed E-state index contributed by atoms with van der Waals surface area (Å²) in [5, 5.41) is 6.08. The van der Waals surface area contributed by atoms with E-state index in [2.05, 4.69) is 22.5 Å². The minimum atomic E-state index is -0.0585. The second-order valence-corrected chi connectivity index (χ2v) is 7.16. The van der Waals surface area contributed by atoms with E-state index in [9.17, 15) is 4.79 Å². The standard InChI is InChI=1S/C21H37N5O/c1-4-5-6-7-8-9-13-24-21(22)25-17-18-11-10-12-19(16-18)20(27)23-14-15-26(2)3/h10-12,16H,4-9,13-15,17H2,1-3H3,(H,23,27)(H3,22,24,25). The second-order valence-electron chi connectivity index (χ2n) is 7.16. The summed E-state index contributed by atoms with van der Waals surface area (Å²) in [4.78, 5) is 18.6. The Bertz CT molecular complexity index is 571. The van der Waals surface area contributed by atoms with Crippen LogP contribution in [0, 0.1) is 0 Å². The fourth-order valence-corrected chi connectivity index (χ4v) is 2.66. The van der Waals surface area contributed by atoms with Crippen LogP contribution >= 0.6 is 0 Å². The van der Waals surface area contributed by atoms with Crippen molar-refractivity contribution in [3.63, 3.8) is 0 Å². The van der Waals surface area contributed by atoms with Crippen molar-refractivity contribution < 1.29 is 4.79 Å². The second kappa shape index (κ2) is 14.0. The molecule has 1 rings (SSSR count). The lowest BCUT2D eigenvalue weighted by Gasteiger charge is -2.11. The van der Waals surface area contributed by atoms with Crippen molar-refractivity contribution in [3.8, 4) is 0 Å².